The van der Waals surface area contributed by atoms with Gasteiger partial charge in [0.25, 0.3) is 0 Å². The minimum absolute atomic E-state index is 0.207. The van der Waals surface area contributed by atoms with Crippen LogP contribution in [-0.2, 0) is 9.53 Å². The molecule has 0 aliphatic carbocycles. The van der Waals surface area contributed by atoms with Crippen LogP contribution in [0.25, 0.3) is 0 Å². The first-order chi connectivity index (χ1) is 8.30. The van der Waals surface area contributed by atoms with Crippen LogP contribution in [0.1, 0.15) is 19.8 Å². The van der Waals surface area contributed by atoms with Gasteiger partial charge in [-0.25, -0.2) is 0 Å². The summed E-state index contributed by atoms with van der Waals surface area (Å²) in [6.45, 7) is -0.426. The number of nitrogens with two attached hydrogens (primary N) is 1. The third-order valence-electron chi connectivity index (χ3n) is 1.88. The highest BCUT2D eigenvalue weighted by Gasteiger charge is 2.28. The average Bonchev–Trinajstić information content (AvgIpc) is 2.25. The van der Waals surface area contributed by atoms with Crippen LogP contribution < -0.4 is 11.1 Å². The van der Waals surface area contributed by atoms with Crippen LogP contribution in [0.5, 0.6) is 0 Å². The first kappa shape index (κ1) is 16.5. The molecular weight excluding hydrogens is 255 g/mol. The van der Waals surface area contributed by atoms with Gasteiger partial charge in [-0.05, 0) is 6.42 Å². The molecule has 0 radical (unpaired) electrons. The van der Waals surface area contributed by atoms with Crippen LogP contribution in [0, 0.1) is 0 Å². The molecule has 0 rings (SSSR count). The Kier molecular flexibility index (Phi) is 7.10. The van der Waals surface area contributed by atoms with Crippen molar-refractivity contribution in [1.82, 2.24) is 5.32 Å². The molecule has 6 nitrogen and oxygen atoms in total. The van der Waals surface area contributed by atoms with Gasteiger partial charge in [-0.2, -0.15) is 13.2 Å². The summed E-state index contributed by atoms with van der Waals surface area (Å²) >= 11 is 0. The number of ether oxygens (including phenoxy) is 1. The van der Waals surface area contributed by atoms with Gasteiger partial charge in [0.2, 0.25) is 5.91 Å². The number of alkyl halides is 3. The molecule has 1 atom stereocenters. The Labute approximate surface area is 102 Å². The predicted octanol–water partition coefficient (Wildman–Crippen LogP) is 0.597. The molecule has 0 spiro atoms. The fourth-order valence-corrected chi connectivity index (χ4v) is 1.15. The van der Waals surface area contributed by atoms with E-state index in [0.717, 1.165) is 0 Å². The van der Waals surface area contributed by atoms with Crippen LogP contribution in [0.15, 0.2) is 5.16 Å². The van der Waals surface area contributed by atoms with Gasteiger partial charge >= 0.3 is 6.18 Å². The molecule has 0 heterocycles. The molecule has 1 amide bonds. The van der Waals surface area contributed by atoms with Crippen molar-refractivity contribution in [2.24, 2.45) is 10.9 Å². The van der Waals surface area contributed by atoms with Gasteiger partial charge in [0.05, 0.1) is 6.04 Å². The summed E-state index contributed by atoms with van der Waals surface area (Å²) in [5.41, 5.74) is 5.31. The van der Waals surface area contributed by atoms with E-state index in [-0.39, 0.29) is 5.84 Å². The fourth-order valence-electron chi connectivity index (χ4n) is 1.15. The van der Waals surface area contributed by atoms with Crippen LogP contribution >= 0.6 is 0 Å². The molecule has 9 heteroatoms. The summed E-state index contributed by atoms with van der Waals surface area (Å²) in [6, 6.07) is -0.720. The van der Waals surface area contributed by atoms with Crippen molar-refractivity contribution in [3.63, 3.8) is 0 Å². The number of nitrogens with zero attached hydrogens (tertiary/aromatic N) is 1. The maximum Gasteiger partial charge on any atom is 0.411 e. The maximum atomic E-state index is 11.7. The average molecular weight is 271 g/mol. The van der Waals surface area contributed by atoms with E-state index in [1.807, 2.05) is 6.92 Å². The molecule has 0 aliphatic rings. The molecule has 18 heavy (non-hydrogen) atoms. The highest BCUT2D eigenvalue weighted by Crippen LogP contribution is 2.14. The Balaban J connectivity index is 4.11. The minimum Gasteiger partial charge on any atom is -0.409 e. The number of amidine groups is 1. The zero-order valence-corrected chi connectivity index (χ0v) is 9.83. The van der Waals surface area contributed by atoms with Crippen molar-refractivity contribution in [3.8, 4) is 0 Å². The normalized spacial score (nSPS) is 14.3. The summed E-state index contributed by atoms with van der Waals surface area (Å²) in [5.74, 6) is -0.967. The van der Waals surface area contributed by atoms with E-state index in [4.69, 9.17) is 10.9 Å². The topological polar surface area (TPSA) is 96.9 Å². The lowest BCUT2D eigenvalue weighted by Crippen LogP contribution is -2.46. The van der Waals surface area contributed by atoms with Crippen LogP contribution in [0.3, 0.4) is 0 Å². The molecule has 1 unspecified atom stereocenters. The number of carbonyl (C=O) groups is 1. The number of amides is 1. The Hall–Kier alpha value is -1.51. The van der Waals surface area contributed by atoms with E-state index >= 15 is 0 Å². The maximum absolute atomic E-state index is 11.7. The Morgan fingerprint density at radius 1 is 1.56 bits per heavy atom. The summed E-state index contributed by atoms with van der Waals surface area (Å²) in [6.07, 6.45) is -3.43. The van der Waals surface area contributed by atoms with Crippen molar-refractivity contribution >= 4 is 11.7 Å². The molecule has 0 saturated heterocycles. The zero-order chi connectivity index (χ0) is 14.2. The van der Waals surface area contributed by atoms with Gasteiger partial charge < -0.3 is 21.0 Å². The lowest BCUT2D eigenvalue weighted by molar-refractivity contribution is -0.175. The van der Waals surface area contributed by atoms with E-state index in [1.54, 1.807) is 0 Å². The monoisotopic (exact) mass is 271 g/mol. The molecule has 0 aliphatic heterocycles. The zero-order valence-electron chi connectivity index (χ0n) is 9.83. The highest BCUT2D eigenvalue weighted by molar-refractivity contribution is 5.90. The summed E-state index contributed by atoms with van der Waals surface area (Å²) < 4.78 is 39.4. The number of hydrogen-bond acceptors (Lipinski definition) is 4. The highest BCUT2D eigenvalue weighted by atomic mass is 19.4. The van der Waals surface area contributed by atoms with E-state index in [0.29, 0.717) is 12.8 Å². The number of hydrogen-bond donors (Lipinski definition) is 3. The second-order valence-electron chi connectivity index (χ2n) is 3.54. The summed E-state index contributed by atoms with van der Waals surface area (Å²) in [7, 11) is 0. The number of oxime groups is 1. The van der Waals surface area contributed by atoms with Gasteiger partial charge in [-0.15, -0.1) is 0 Å². The molecule has 0 bridgehead atoms. The number of nitrogens with one attached hydrogen (secondary N) is 1. The van der Waals surface area contributed by atoms with Crippen molar-refractivity contribution in [2.45, 2.75) is 32.0 Å². The smallest absolute Gasteiger partial charge is 0.409 e. The van der Waals surface area contributed by atoms with E-state index in [2.05, 4.69) is 15.2 Å². The standard InChI is InChI=1S/C9H16F3N3O3/c1-2-3-6(8(13)15-17)14-7(16)4-18-5-9(10,11)12/h6,17H,2-5H2,1H3,(H2,13,15)(H,14,16). The van der Waals surface area contributed by atoms with Crippen LogP contribution in [0.4, 0.5) is 13.2 Å². The molecule has 106 valence electrons. The summed E-state index contributed by atoms with van der Waals surface area (Å²) in [5, 5.41) is 13.5. The largest absolute Gasteiger partial charge is 0.411 e. The predicted molar refractivity (Wildman–Crippen MR) is 57.1 cm³/mol. The minimum atomic E-state index is -4.48. The fraction of sp³-hybridized carbons (Fsp3) is 0.778. The lowest BCUT2D eigenvalue weighted by Gasteiger charge is -2.16. The molecular formula is C9H16F3N3O3. The SMILES string of the molecule is CCCC(NC(=O)COCC(F)(F)F)C(N)=NO. The van der Waals surface area contributed by atoms with E-state index < -0.39 is 31.3 Å². The second-order valence-corrected chi connectivity index (χ2v) is 3.54. The Morgan fingerprint density at radius 2 is 2.17 bits per heavy atom. The van der Waals surface area contributed by atoms with Crippen molar-refractivity contribution in [3.05, 3.63) is 0 Å². The Morgan fingerprint density at radius 3 is 2.61 bits per heavy atom. The first-order valence-electron chi connectivity index (χ1n) is 5.21. The lowest BCUT2D eigenvalue weighted by atomic mass is 10.1. The molecule has 4 N–H and O–H groups in total. The number of halogens is 3. The number of rotatable bonds is 7. The van der Waals surface area contributed by atoms with Crippen LogP contribution in [-0.4, -0.2) is 42.4 Å². The molecule has 0 saturated carbocycles. The quantitative estimate of drug-likeness (QED) is 0.273. The second kappa shape index (κ2) is 7.75. The molecule has 0 fully saturated rings. The van der Waals surface area contributed by atoms with E-state index in [1.165, 1.54) is 0 Å². The van der Waals surface area contributed by atoms with Gasteiger partial charge in [-0.1, -0.05) is 18.5 Å². The van der Waals surface area contributed by atoms with Gasteiger partial charge in [-0.3, -0.25) is 4.79 Å². The molecule has 0 aromatic heterocycles. The Bertz CT molecular complexity index is 295. The van der Waals surface area contributed by atoms with Gasteiger partial charge in [0.15, 0.2) is 5.84 Å². The van der Waals surface area contributed by atoms with Crippen molar-refractivity contribution in [2.75, 3.05) is 13.2 Å². The third-order valence-corrected chi connectivity index (χ3v) is 1.88. The van der Waals surface area contributed by atoms with Crippen molar-refractivity contribution < 1.29 is 27.9 Å². The number of carbonyl (C=O) groups excluding carboxylic acids is 1. The van der Waals surface area contributed by atoms with Gasteiger partial charge in [0, 0.05) is 0 Å². The van der Waals surface area contributed by atoms with E-state index in [9.17, 15) is 18.0 Å². The summed E-state index contributed by atoms with van der Waals surface area (Å²) in [4.78, 5) is 11.2. The third kappa shape index (κ3) is 7.71. The molecule has 0 aromatic rings. The van der Waals surface area contributed by atoms with Crippen molar-refractivity contribution in [1.29, 1.82) is 0 Å². The molecule has 0 aromatic carbocycles. The van der Waals surface area contributed by atoms with Crippen LogP contribution in [0.2, 0.25) is 0 Å². The van der Waals surface area contributed by atoms with Gasteiger partial charge in [0.1, 0.15) is 13.2 Å². The first-order valence-corrected chi connectivity index (χ1v) is 5.21.